The van der Waals surface area contributed by atoms with Crippen LogP contribution in [0.2, 0.25) is 0 Å². The summed E-state index contributed by atoms with van der Waals surface area (Å²) in [7, 11) is 0. The Balaban J connectivity index is 2.74. The molecule has 0 N–H and O–H groups in total. The van der Waals surface area contributed by atoms with Crippen LogP contribution in [0.15, 0.2) is 10.6 Å². The second-order valence-electron chi connectivity index (χ2n) is 8.28. The van der Waals surface area contributed by atoms with E-state index in [-0.39, 0.29) is 5.54 Å². The van der Waals surface area contributed by atoms with Gasteiger partial charge in [-0.25, -0.2) is 0 Å². The molecule has 0 saturated heterocycles. The Morgan fingerprint density at radius 2 is 1.75 bits per heavy atom. The maximum Gasteiger partial charge on any atom is 0.139 e. The highest BCUT2D eigenvalue weighted by Gasteiger charge is 2.24. The lowest BCUT2D eigenvalue weighted by molar-refractivity contribution is 0.107. The van der Waals surface area contributed by atoms with Crippen molar-refractivity contribution in [2.75, 3.05) is 6.54 Å². The van der Waals surface area contributed by atoms with Crippen LogP contribution < -0.4 is 0 Å². The van der Waals surface area contributed by atoms with Gasteiger partial charge in [0.15, 0.2) is 0 Å². The van der Waals surface area contributed by atoms with Crippen molar-refractivity contribution in [2.45, 2.75) is 79.8 Å². The molecule has 116 valence electrons. The Morgan fingerprint density at radius 1 is 1.15 bits per heavy atom. The van der Waals surface area contributed by atoms with Crippen molar-refractivity contribution in [3.63, 3.8) is 0 Å². The molecule has 0 aliphatic heterocycles. The fraction of sp³-hybridized carbons (Fsp3) is 0.824. The minimum Gasteiger partial charge on any atom is -0.361 e. The van der Waals surface area contributed by atoms with E-state index in [4.69, 9.17) is 4.52 Å². The lowest BCUT2D eigenvalue weighted by atomic mass is 9.91. The number of nitrogens with zero attached hydrogens (tertiary/aromatic N) is 2. The van der Waals surface area contributed by atoms with Crippen molar-refractivity contribution in [3.8, 4) is 0 Å². The number of rotatable bonds is 5. The third kappa shape index (κ3) is 5.66. The van der Waals surface area contributed by atoms with Gasteiger partial charge in [0.2, 0.25) is 0 Å². The van der Waals surface area contributed by atoms with Crippen molar-refractivity contribution >= 4 is 0 Å². The lowest BCUT2D eigenvalue weighted by Crippen LogP contribution is -2.42. The second-order valence-corrected chi connectivity index (χ2v) is 8.28. The van der Waals surface area contributed by atoms with Gasteiger partial charge in [0.1, 0.15) is 5.76 Å². The van der Waals surface area contributed by atoms with Crippen LogP contribution in [0.1, 0.15) is 79.2 Å². The van der Waals surface area contributed by atoms with Crippen LogP contribution in [0.3, 0.4) is 0 Å². The predicted molar refractivity (Wildman–Crippen MR) is 84.8 cm³/mol. The van der Waals surface area contributed by atoms with E-state index in [0.717, 1.165) is 24.5 Å². The highest BCUT2D eigenvalue weighted by molar-refractivity contribution is 5.08. The van der Waals surface area contributed by atoms with Gasteiger partial charge in [0.25, 0.3) is 0 Å². The quantitative estimate of drug-likeness (QED) is 0.773. The maximum atomic E-state index is 5.41. The molecule has 20 heavy (non-hydrogen) atoms. The van der Waals surface area contributed by atoms with Crippen LogP contribution in [0.25, 0.3) is 0 Å². The molecule has 3 nitrogen and oxygen atoms in total. The van der Waals surface area contributed by atoms with Crippen molar-refractivity contribution in [1.29, 1.82) is 0 Å². The first-order chi connectivity index (χ1) is 8.99. The lowest BCUT2D eigenvalue weighted by Gasteiger charge is -2.36. The van der Waals surface area contributed by atoms with E-state index in [1.165, 1.54) is 6.42 Å². The number of aromatic nitrogens is 1. The first-order valence-corrected chi connectivity index (χ1v) is 7.69. The fourth-order valence-electron chi connectivity index (χ4n) is 1.99. The molecular weight excluding hydrogens is 248 g/mol. The molecule has 1 aromatic heterocycles. The second kappa shape index (κ2) is 6.30. The van der Waals surface area contributed by atoms with Crippen molar-refractivity contribution in [2.24, 2.45) is 5.41 Å². The van der Waals surface area contributed by atoms with E-state index < -0.39 is 0 Å². The molecule has 0 aromatic carbocycles. The Hall–Kier alpha value is -0.830. The molecule has 0 amide bonds. The van der Waals surface area contributed by atoms with Gasteiger partial charge in [-0.05, 0) is 39.2 Å². The van der Waals surface area contributed by atoms with Crippen molar-refractivity contribution in [3.05, 3.63) is 17.5 Å². The molecule has 1 heterocycles. The van der Waals surface area contributed by atoms with Crippen LogP contribution in [0.4, 0.5) is 0 Å². The molecule has 1 aromatic rings. The summed E-state index contributed by atoms with van der Waals surface area (Å²) in [4.78, 5) is 2.49. The molecule has 0 saturated carbocycles. The van der Waals surface area contributed by atoms with Crippen LogP contribution in [0.5, 0.6) is 0 Å². The van der Waals surface area contributed by atoms with Crippen molar-refractivity contribution < 1.29 is 4.52 Å². The summed E-state index contributed by atoms with van der Waals surface area (Å²) >= 11 is 0. The molecule has 0 unspecified atom stereocenters. The van der Waals surface area contributed by atoms with E-state index >= 15 is 0 Å². The topological polar surface area (TPSA) is 29.3 Å². The molecule has 0 fully saturated rings. The maximum absolute atomic E-state index is 5.41. The molecular formula is C17H32N2O. The van der Waals surface area contributed by atoms with Gasteiger partial charge in [-0.2, -0.15) is 0 Å². The SMILES string of the molecule is CC(C)c1cc(CN(CCC(C)(C)C)C(C)(C)C)no1. The molecule has 0 spiro atoms. The summed E-state index contributed by atoms with van der Waals surface area (Å²) in [5.41, 5.74) is 1.54. The van der Waals surface area contributed by atoms with E-state index in [9.17, 15) is 0 Å². The van der Waals surface area contributed by atoms with Crippen LogP contribution in [0, 0.1) is 5.41 Å². The first kappa shape index (κ1) is 17.2. The van der Waals surface area contributed by atoms with Gasteiger partial charge < -0.3 is 4.52 Å². The minimum atomic E-state index is 0.141. The van der Waals surface area contributed by atoms with E-state index in [1.54, 1.807) is 0 Å². The molecule has 0 aliphatic carbocycles. The van der Waals surface area contributed by atoms with Crippen LogP contribution in [-0.4, -0.2) is 22.1 Å². The fourth-order valence-corrected chi connectivity index (χ4v) is 1.99. The predicted octanol–water partition coefficient (Wildman–Crippen LogP) is 4.83. The number of hydrogen-bond acceptors (Lipinski definition) is 3. The normalized spacial score (nSPS) is 13.5. The summed E-state index contributed by atoms with van der Waals surface area (Å²) in [6.45, 7) is 19.9. The highest BCUT2D eigenvalue weighted by Crippen LogP contribution is 2.24. The molecule has 0 bridgehead atoms. The Bertz CT molecular complexity index is 407. The van der Waals surface area contributed by atoms with Gasteiger partial charge in [-0.15, -0.1) is 0 Å². The summed E-state index contributed by atoms with van der Waals surface area (Å²) in [5, 5.41) is 4.22. The largest absolute Gasteiger partial charge is 0.361 e. The Morgan fingerprint density at radius 3 is 2.15 bits per heavy atom. The van der Waals surface area contributed by atoms with Crippen LogP contribution in [-0.2, 0) is 6.54 Å². The minimum absolute atomic E-state index is 0.141. The van der Waals surface area contributed by atoms with E-state index in [2.05, 4.69) is 71.5 Å². The summed E-state index contributed by atoms with van der Waals surface area (Å²) in [6.07, 6.45) is 1.18. The monoisotopic (exact) mass is 280 g/mol. The standard InChI is InChI=1S/C17H32N2O/c1-13(2)15-11-14(18-20-15)12-19(17(6,7)8)10-9-16(3,4)5/h11,13H,9-10,12H2,1-8H3. The van der Waals surface area contributed by atoms with Gasteiger partial charge in [-0.3, -0.25) is 4.90 Å². The van der Waals surface area contributed by atoms with Crippen molar-refractivity contribution in [1.82, 2.24) is 10.1 Å². The zero-order valence-corrected chi connectivity index (χ0v) is 14.6. The van der Waals surface area contributed by atoms with E-state index in [0.29, 0.717) is 11.3 Å². The molecule has 0 aliphatic rings. The Labute approximate surface area is 124 Å². The average molecular weight is 280 g/mol. The van der Waals surface area contributed by atoms with Gasteiger partial charge in [0, 0.05) is 24.1 Å². The summed E-state index contributed by atoms with van der Waals surface area (Å²) in [5.74, 6) is 1.37. The molecule has 1 rings (SSSR count). The van der Waals surface area contributed by atoms with Gasteiger partial charge in [-0.1, -0.05) is 39.8 Å². The van der Waals surface area contributed by atoms with Gasteiger partial charge in [0.05, 0.1) is 5.69 Å². The number of hydrogen-bond donors (Lipinski definition) is 0. The van der Waals surface area contributed by atoms with Crippen LogP contribution >= 0.6 is 0 Å². The zero-order valence-electron chi connectivity index (χ0n) is 14.6. The molecule has 0 radical (unpaired) electrons. The van der Waals surface area contributed by atoms with E-state index in [1.807, 2.05) is 0 Å². The summed E-state index contributed by atoms with van der Waals surface area (Å²) in [6, 6.07) is 2.10. The third-order valence-electron chi connectivity index (χ3n) is 3.58. The average Bonchev–Trinajstić information content (AvgIpc) is 2.69. The zero-order chi connectivity index (χ0) is 15.6. The molecule has 0 atom stereocenters. The molecule has 3 heteroatoms. The Kier molecular flexibility index (Phi) is 5.42. The summed E-state index contributed by atoms with van der Waals surface area (Å²) < 4.78 is 5.41. The smallest absolute Gasteiger partial charge is 0.139 e. The van der Waals surface area contributed by atoms with Gasteiger partial charge >= 0.3 is 0 Å². The first-order valence-electron chi connectivity index (χ1n) is 7.69. The highest BCUT2D eigenvalue weighted by atomic mass is 16.5. The third-order valence-corrected chi connectivity index (χ3v) is 3.58.